The van der Waals surface area contributed by atoms with Crippen LogP contribution in [0.5, 0.6) is 0 Å². The van der Waals surface area contributed by atoms with Gasteiger partial charge in [-0.15, -0.1) is 0 Å². The molecule has 0 radical (unpaired) electrons. The standard InChI is InChI=1S/C5H10O5/c6-3(5(9)10)1-2-4(7)8/h3-4,6-8H,1-2H2,(H,9,10). The maximum atomic E-state index is 9.90. The van der Waals surface area contributed by atoms with Crippen molar-refractivity contribution in [3.8, 4) is 0 Å². The van der Waals surface area contributed by atoms with Crippen LogP contribution in [0.4, 0.5) is 0 Å². The molecule has 5 heteroatoms. The van der Waals surface area contributed by atoms with Crippen molar-refractivity contribution >= 4 is 5.97 Å². The number of hydrogen-bond acceptors (Lipinski definition) is 4. The molecule has 10 heavy (non-hydrogen) atoms. The molecule has 0 saturated carbocycles. The zero-order valence-corrected chi connectivity index (χ0v) is 5.27. The van der Waals surface area contributed by atoms with Gasteiger partial charge in [0.15, 0.2) is 12.4 Å². The van der Waals surface area contributed by atoms with Gasteiger partial charge in [-0.25, -0.2) is 4.79 Å². The monoisotopic (exact) mass is 150 g/mol. The summed E-state index contributed by atoms with van der Waals surface area (Å²) >= 11 is 0. The third kappa shape index (κ3) is 4.25. The number of aliphatic hydroxyl groups excluding tert-OH is 2. The SMILES string of the molecule is O=C(O)C(O)CCC(O)O. The molecule has 0 aliphatic rings. The highest BCUT2D eigenvalue weighted by Gasteiger charge is 2.13. The fourth-order valence-electron chi connectivity index (χ4n) is 0.430. The van der Waals surface area contributed by atoms with Crippen LogP contribution in [-0.2, 0) is 4.79 Å². The highest BCUT2D eigenvalue weighted by molar-refractivity contribution is 5.71. The fraction of sp³-hybridized carbons (Fsp3) is 0.800. The molecule has 0 fully saturated rings. The van der Waals surface area contributed by atoms with Gasteiger partial charge in [0.1, 0.15) is 0 Å². The lowest BCUT2D eigenvalue weighted by Gasteiger charge is -2.05. The molecule has 0 aromatic carbocycles. The molecule has 0 aromatic heterocycles. The average molecular weight is 150 g/mol. The Labute approximate surface area is 57.5 Å². The summed E-state index contributed by atoms with van der Waals surface area (Å²) in [5.74, 6) is -1.35. The normalized spacial score (nSPS) is 13.6. The maximum Gasteiger partial charge on any atom is 0.332 e. The number of carboxylic acid groups (broad SMARTS) is 1. The van der Waals surface area contributed by atoms with E-state index < -0.39 is 18.4 Å². The molecule has 0 saturated heterocycles. The lowest BCUT2D eigenvalue weighted by molar-refractivity contribution is -0.147. The molecule has 0 aliphatic carbocycles. The van der Waals surface area contributed by atoms with E-state index in [4.69, 9.17) is 20.4 Å². The first-order valence-corrected chi connectivity index (χ1v) is 2.81. The first kappa shape index (κ1) is 9.35. The molecule has 60 valence electrons. The van der Waals surface area contributed by atoms with Crippen LogP contribution in [0.3, 0.4) is 0 Å². The lowest BCUT2D eigenvalue weighted by Crippen LogP contribution is -2.21. The highest BCUT2D eigenvalue weighted by Crippen LogP contribution is 1.98. The Hall–Kier alpha value is -0.650. The minimum Gasteiger partial charge on any atom is -0.479 e. The van der Waals surface area contributed by atoms with Crippen LogP contribution in [0.15, 0.2) is 0 Å². The average Bonchev–Trinajstić information content (AvgIpc) is 1.82. The van der Waals surface area contributed by atoms with E-state index in [1.54, 1.807) is 0 Å². The molecule has 1 atom stereocenters. The van der Waals surface area contributed by atoms with Crippen molar-refractivity contribution in [3.63, 3.8) is 0 Å². The first-order valence-electron chi connectivity index (χ1n) is 2.81. The van der Waals surface area contributed by atoms with Crippen molar-refractivity contribution in [1.29, 1.82) is 0 Å². The first-order chi connectivity index (χ1) is 4.54. The second-order valence-corrected chi connectivity index (χ2v) is 1.91. The van der Waals surface area contributed by atoms with E-state index >= 15 is 0 Å². The van der Waals surface area contributed by atoms with Crippen LogP contribution in [0, 0.1) is 0 Å². The van der Waals surface area contributed by atoms with Crippen molar-refractivity contribution in [3.05, 3.63) is 0 Å². The smallest absolute Gasteiger partial charge is 0.332 e. The Morgan fingerprint density at radius 2 is 1.70 bits per heavy atom. The van der Waals surface area contributed by atoms with E-state index in [1.165, 1.54) is 0 Å². The predicted molar refractivity (Wildman–Crippen MR) is 31.1 cm³/mol. The number of hydrogen-bond donors (Lipinski definition) is 4. The van der Waals surface area contributed by atoms with Gasteiger partial charge in [-0.05, 0) is 6.42 Å². The van der Waals surface area contributed by atoms with Gasteiger partial charge < -0.3 is 20.4 Å². The summed E-state index contributed by atoms with van der Waals surface area (Å²) in [4.78, 5) is 9.90. The Morgan fingerprint density at radius 3 is 2.00 bits per heavy atom. The maximum absolute atomic E-state index is 9.90. The Morgan fingerprint density at radius 1 is 1.20 bits per heavy atom. The van der Waals surface area contributed by atoms with Gasteiger partial charge in [-0.1, -0.05) is 0 Å². The van der Waals surface area contributed by atoms with Crippen LogP contribution >= 0.6 is 0 Å². The van der Waals surface area contributed by atoms with E-state index in [9.17, 15) is 4.79 Å². The molecule has 0 rings (SSSR count). The summed E-state index contributed by atoms with van der Waals surface area (Å²) in [5.41, 5.74) is 0. The number of aliphatic carboxylic acids is 1. The molecule has 5 nitrogen and oxygen atoms in total. The third-order valence-electron chi connectivity index (χ3n) is 0.983. The van der Waals surface area contributed by atoms with E-state index in [0.29, 0.717) is 0 Å². The summed E-state index contributed by atoms with van der Waals surface area (Å²) < 4.78 is 0. The van der Waals surface area contributed by atoms with Gasteiger partial charge in [0, 0.05) is 6.42 Å². The number of aliphatic hydroxyl groups is 3. The van der Waals surface area contributed by atoms with Crippen molar-refractivity contribution < 1.29 is 25.2 Å². The second kappa shape index (κ2) is 4.21. The van der Waals surface area contributed by atoms with Crippen LogP contribution in [0.2, 0.25) is 0 Å². The largest absolute Gasteiger partial charge is 0.479 e. The summed E-state index contributed by atoms with van der Waals surface area (Å²) in [7, 11) is 0. The number of carboxylic acids is 1. The van der Waals surface area contributed by atoms with Gasteiger partial charge in [-0.2, -0.15) is 0 Å². The van der Waals surface area contributed by atoms with Crippen molar-refractivity contribution in [2.24, 2.45) is 0 Å². The highest BCUT2D eigenvalue weighted by atomic mass is 16.5. The summed E-state index contributed by atoms with van der Waals surface area (Å²) in [5, 5.41) is 33.1. The second-order valence-electron chi connectivity index (χ2n) is 1.91. The number of carbonyl (C=O) groups is 1. The minimum absolute atomic E-state index is 0.131. The van der Waals surface area contributed by atoms with Crippen molar-refractivity contribution in [1.82, 2.24) is 0 Å². The Bertz CT molecular complexity index is 111. The van der Waals surface area contributed by atoms with Gasteiger partial charge in [0.25, 0.3) is 0 Å². The Kier molecular flexibility index (Phi) is 3.94. The van der Waals surface area contributed by atoms with Gasteiger partial charge in [0.05, 0.1) is 0 Å². The van der Waals surface area contributed by atoms with E-state index in [-0.39, 0.29) is 12.8 Å². The molecule has 0 amide bonds. The summed E-state index contributed by atoms with van der Waals surface area (Å²) in [6.45, 7) is 0. The predicted octanol–water partition coefficient (Wildman–Crippen LogP) is -1.48. The molecule has 0 heterocycles. The van der Waals surface area contributed by atoms with Gasteiger partial charge in [-0.3, -0.25) is 0 Å². The van der Waals surface area contributed by atoms with Crippen LogP contribution < -0.4 is 0 Å². The summed E-state index contributed by atoms with van der Waals surface area (Å²) in [6, 6.07) is 0. The topological polar surface area (TPSA) is 98.0 Å². The molecule has 0 aliphatic heterocycles. The van der Waals surface area contributed by atoms with Crippen LogP contribution in [0.1, 0.15) is 12.8 Å². The van der Waals surface area contributed by atoms with E-state index in [2.05, 4.69) is 0 Å². The quantitative estimate of drug-likeness (QED) is 0.366. The van der Waals surface area contributed by atoms with Gasteiger partial charge >= 0.3 is 5.97 Å². The molecular weight excluding hydrogens is 140 g/mol. The third-order valence-corrected chi connectivity index (χ3v) is 0.983. The van der Waals surface area contributed by atoms with E-state index in [1.807, 2.05) is 0 Å². The minimum atomic E-state index is -1.55. The zero-order valence-electron chi connectivity index (χ0n) is 5.27. The van der Waals surface area contributed by atoms with Gasteiger partial charge in [0.2, 0.25) is 0 Å². The van der Waals surface area contributed by atoms with Crippen LogP contribution in [0.25, 0.3) is 0 Å². The lowest BCUT2D eigenvalue weighted by atomic mass is 10.2. The molecule has 0 bridgehead atoms. The van der Waals surface area contributed by atoms with E-state index in [0.717, 1.165) is 0 Å². The molecular formula is C5H10O5. The zero-order chi connectivity index (χ0) is 8.15. The molecule has 0 aromatic rings. The van der Waals surface area contributed by atoms with Crippen molar-refractivity contribution in [2.45, 2.75) is 25.2 Å². The molecule has 0 spiro atoms. The van der Waals surface area contributed by atoms with Crippen LogP contribution in [-0.4, -0.2) is 38.8 Å². The molecule has 4 N–H and O–H groups in total. The molecule has 1 unspecified atom stereocenters. The summed E-state index contributed by atoms with van der Waals surface area (Å²) in [6.07, 6.45) is -3.32. The fourth-order valence-corrected chi connectivity index (χ4v) is 0.430. The Balaban J connectivity index is 3.40. The number of rotatable bonds is 4. The van der Waals surface area contributed by atoms with Crippen molar-refractivity contribution in [2.75, 3.05) is 0 Å².